The van der Waals surface area contributed by atoms with Gasteiger partial charge in [-0.15, -0.1) is 0 Å². The predicted octanol–water partition coefficient (Wildman–Crippen LogP) is 3.62. The molecular weight excluding hydrogens is 343 g/mol. The van der Waals surface area contributed by atoms with E-state index in [1.54, 1.807) is 0 Å². The van der Waals surface area contributed by atoms with Gasteiger partial charge in [0.25, 0.3) is 0 Å². The first kappa shape index (κ1) is 11.5. The first-order chi connectivity index (χ1) is 7.65. The molecule has 2 aromatic rings. The van der Waals surface area contributed by atoms with Gasteiger partial charge in [-0.25, -0.2) is 9.37 Å². The highest BCUT2D eigenvalue weighted by Crippen LogP contribution is 2.19. The Morgan fingerprint density at radius 2 is 2.19 bits per heavy atom. The minimum atomic E-state index is -0.539. The number of hydrogen-bond donors (Lipinski definition) is 1. The molecule has 0 unspecified atom stereocenters. The molecule has 0 bridgehead atoms. The normalized spacial score (nSPS) is 10.2. The highest BCUT2D eigenvalue weighted by molar-refractivity contribution is 14.1. The van der Waals surface area contributed by atoms with E-state index in [-0.39, 0.29) is 11.1 Å². The van der Waals surface area contributed by atoms with E-state index in [1.807, 2.05) is 24.3 Å². The summed E-state index contributed by atoms with van der Waals surface area (Å²) < 4.78 is 14.4. The van der Waals surface area contributed by atoms with E-state index < -0.39 is 5.82 Å². The lowest BCUT2D eigenvalue weighted by Gasteiger charge is -2.06. The molecule has 0 saturated carbocycles. The van der Waals surface area contributed by atoms with Crippen molar-refractivity contribution in [1.82, 2.24) is 9.97 Å². The second kappa shape index (κ2) is 4.92. The first-order valence-corrected chi connectivity index (χ1v) is 5.81. The standard InChI is InChI=1S/C10H6ClFIN3/c11-10-14-5-8(12)9(16-10)15-7-3-1-2-6(13)4-7/h1-5H,(H,14,15,16). The number of nitrogens with zero attached hydrogens (tertiary/aromatic N) is 2. The Balaban J connectivity index is 2.30. The lowest BCUT2D eigenvalue weighted by Crippen LogP contribution is -1.98. The average Bonchev–Trinajstić information content (AvgIpc) is 2.24. The van der Waals surface area contributed by atoms with Crippen molar-refractivity contribution in [3.63, 3.8) is 0 Å². The van der Waals surface area contributed by atoms with Crippen molar-refractivity contribution in [3.8, 4) is 0 Å². The van der Waals surface area contributed by atoms with Gasteiger partial charge in [0.15, 0.2) is 11.6 Å². The van der Waals surface area contributed by atoms with Crippen LogP contribution in [-0.4, -0.2) is 9.97 Å². The van der Waals surface area contributed by atoms with E-state index in [2.05, 4.69) is 37.9 Å². The van der Waals surface area contributed by atoms with Crippen molar-refractivity contribution in [3.05, 3.63) is 45.1 Å². The van der Waals surface area contributed by atoms with Crippen LogP contribution in [0.2, 0.25) is 5.28 Å². The van der Waals surface area contributed by atoms with E-state index >= 15 is 0 Å². The maximum absolute atomic E-state index is 13.3. The van der Waals surface area contributed by atoms with Gasteiger partial charge in [0.1, 0.15) is 0 Å². The lowest BCUT2D eigenvalue weighted by atomic mass is 10.3. The number of benzene rings is 1. The van der Waals surface area contributed by atoms with Crippen LogP contribution in [0.25, 0.3) is 0 Å². The minimum Gasteiger partial charge on any atom is -0.338 e. The highest BCUT2D eigenvalue weighted by atomic mass is 127. The summed E-state index contributed by atoms with van der Waals surface area (Å²) in [6, 6.07) is 7.49. The number of nitrogens with one attached hydrogen (secondary N) is 1. The monoisotopic (exact) mass is 349 g/mol. The Kier molecular flexibility index (Phi) is 3.55. The topological polar surface area (TPSA) is 37.8 Å². The zero-order chi connectivity index (χ0) is 11.5. The summed E-state index contributed by atoms with van der Waals surface area (Å²) in [6.45, 7) is 0. The molecular formula is C10H6ClFIN3. The van der Waals surface area contributed by atoms with Crippen LogP contribution >= 0.6 is 34.2 Å². The third kappa shape index (κ3) is 2.79. The Hall–Kier alpha value is -0.950. The molecule has 3 nitrogen and oxygen atoms in total. The van der Waals surface area contributed by atoms with Crippen molar-refractivity contribution in [2.75, 3.05) is 5.32 Å². The van der Waals surface area contributed by atoms with E-state index in [0.29, 0.717) is 0 Å². The molecule has 0 radical (unpaired) electrons. The summed E-state index contributed by atoms with van der Waals surface area (Å²) in [5.74, 6) is -0.467. The molecule has 1 aromatic heterocycles. The van der Waals surface area contributed by atoms with Crippen molar-refractivity contribution in [2.45, 2.75) is 0 Å². The Morgan fingerprint density at radius 1 is 1.38 bits per heavy atom. The summed E-state index contributed by atoms with van der Waals surface area (Å²) in [7, 11) is 0. The minimum absolute atomic E-state index is 0.00882. The first-order valence-electron chi connectivity index (χ1n) is 4.36. The van der Waals surface area contributed by atoms with Crippen molar-refractivity contribution in [2.24, 2.45) is 0 Å². The van der Waals surface area contributed by atoms with Crippen LogP contribution in [0, 0.1) is 9.39 Å². The summed E-state index contributed by atoms with van der Waals surface area (Å²) in [6.07, 6.45) is 1.03. The maximum atomic E-state index is 13.3. The molecule has 0 aliphatic carbocycles. The number of anilines is 2. The molecule has 82 valence electrons. The van der Waals surface area contributed by atoms with Gasteiger partial charge in [0.2, 0.25) is 5.28 Å². The van der Waals surface area contributed by atoms with Crippen LogP contribution in [-0.2, 0) is 0 Å². The molecule has 2 rings (SSSR count). The zero-order valence-electron chi connectivity index (χ0n) is 7.92. The summed E-state index contributed by atoms with van der Waals surface area (Å²) in [5, 5.41) is 2.85. The van der Waals surface area contributed by atoms with Crippen LogP contribution < -0.4 is 5.32 Å². The van der Waals surface area contributed by atoms with E-state index in [9.17, 15) is 4.39 Å². The third-order valence-corrected chi connectivity index (χ3v) is 2.66. The smallest absolute Gasteiger partial charge is 0.224 e. The molecule has 16 heavy (non-hydrogen) atoms. The summed E-state index contributed by atoms with van der Waals surface area (Å²) >= 11 is 7.75. The van der Waals surface area contributed by atoms with Crippen molar-refractivity contribution in [1.29, 1.82) is 0 Å². The maximum Gasteiger partial charge on any atom is 0.224 e. The fraction of sp³-hybridized carbons (Fsp3) is 0. The molecule has 0 fully saturated rings. The summed E-state index contributed by atoms with van der Waals surface area (Å²) in [5.41, 5.74) is 0.751. The zero-order valence-corrected chi connectivity index (χ0v) is 10.8. The number of halogens is 3. The fourth-order valence-electron chi connectivity index (χ4n) is 1.14. The quantitative estimate of drug-likeness (QED) is 0.665. The molecule has 1 N–H and O–H groups in total. The fourth-order valence-corrected chi connectivity index (χ4v) is 1.81. The van der Waals surface area contributed by atoms with Crippen LogP contribution in [0.3, 0.4) is 0 Å². The van der Waals surface area contributed by atoms with Crippen LogP contribution in [0.4, 0.5) is 15.9 Å². The third-order valence-electron chi connectivity index (χ3n) is 1.80. The second-order valence-electron chi connectivity index (χ2n) is 2.97. The second-order valence-corrected chi connectivity index (χ2v) is 4.55. The summed E-state index contributed by atoms with van der Waals surface area (Å²) in [4.78, 5) is 7.30. The van der Waals surface area contributed by atoms with Gasteiger partial charge in [0.05, 0.1) is 6.20 Å². The predicted molar refractivity (Wildman–Crippen MR) is 69.4 cm³/mol. The molecule has 1 aromatic carbocycles. The van der Waals surface area contributed by atoms with Gasteiger partial charge in [-0.05, 0) is 52.4 Å². The Labute approximate surface area is 110 Å². The number of hydrogen-bond acceptors (Lipinski definition) is 3. The lowest BCUT2D eigenvalue weighted by molar-refractivity contribution is 0.619. The molecule has 0 atom stereocenters. The average molecular weight is 350 g/mol. The molecule has 0 aliphatic heterocycles. The van der Waals surface area contributed by atoms with Gasteiger partial charge in [-0.1, -0.05) is 6.07 Å². The van der Waals surface area contributed by atoms with Gasteiger partial charge in [-0.3, -0.25) is 0 Å². The molecule has 1 heterocycles. The van der Waals surface area contributed by atoms with Crippen LogP contribution in [0.15, 0.2) is 30.5 Å². The molecule has 0 aliphatic rings. The number of aromatic nitrogens is 2. The van der Waals surface area contributed by atoms with Gasteiger partial charge < -0.3 is 5.32 Å². The van der Waals surface area contributed by atoms with E-state index in [1.165, 1.54) is 0 Å². The highest BCUT2D eigenvalue weighted by Gasteiger charge is 2.05. The molecule has 6 heteroatoms. The van der Waals surface area contributed by atoms with Gasteiger partial charge in [0, 0.05) is 9.26 Å². The molecule has 0 amide bonds. The van der Waals surface area contributed by atoms with E-state index in [0.717, 1.165) is 15.5 Å². The SMILES string of the molecule is Fc1cnc(Cl)nc1Nc1cccc(I)c1. The van der Waals surface area contributed by atoms with Crippen LogP contribution in [0.5, 0.6) is 0 Å². The van der Waals surface area contributed by atoms with Crippen molar-refractivity contribution < 1.29 is 4.39 Å². The molecule has 0 saturated heterocycles. The van der Waals surface area contributed by atoms with Crippen molar-refractivity contribution >= 4 is 45.7 Å². The number of rotatable bonds is 2. The van der Waals surface area contributed by atoms with E-state index in [4.69, 9.17) is 11.6 Å². The largest absolute Gasteiger partial charge is 0.338 e. The molecule has 0 spiro atoms. The van der Waals surface area contributed by atoms with Gasteiger partial charge in [-0.2, -0.15) is 4.98 Å². The Bertz CT molecular complexity index is 521. The van der Waals surface area contributed by atoms with Crippen LogP contribution in [0.1, 0.15) is 0 Å². The Morgan fingerprint density at radius 3 is 2.94 bits per heavy atom. The van der Waals surface area contributed by atoms with Gasteiger partial charge >= 0.3 is 0 Å².